The van der Waals surface area contributed by atoms with Gasteiger partial charge in [-0.25, -0.2) is 4.98 Å². The van der Waals surface area contributed by atoms with Crippen molar-refractivity contribution in [2.45, 2.75) is 0 Å². The zero-order valence-electron chi connectivity index (χ0n) is 8.93. The van der Waals surface area contributed by atoms with E-state index >= 15 is 0 Å². The predicted molar refractivity (Wildman–Crippen MR) is 71.8 cm³/mol. The maximum absolute atomic E-state index is 5.49. The molecule has 0 aliphatic heterocycles. The Balaban J connectivity index is 2.66. The van der Waals surface area contributed by atoms with Crippen LogP contribution in [0.25, 0.3) is 0 Å². The third kappa shape index (κ3) is 3.68. The molecule has 0 amide bonds. The molecule has 3 nitrogen and oxygen atoms in total. The number of thioether (sulfide) groups is 1. The van der Waals surface area contributed by atoms with Crippen molar-refractivity contribution in [3.8, 4) is 0 Å². The molecular formula is C10H15N3S2. The van der Waals surface area contributed by atoms with Gasteiger partial charge in [0.05, 0.1) is 0 Å². The van der Waals surface area contributed by atoms with Crippen LogP contribution in [0, 0.1) is 0 Å². The van der Waals surface area contributed by atoms with Crippen LogP contribution in [-0.2, 0) is 0 Å². The van der Waals surface area contributed by atoms with Crippen molar-refractivity contribution in [1.29, 1.82) is 0 Å². The van der Waals surface area contributed by atoms with E-state index in [9.17, 15) is 0 Å². The Hall–Kier alpha value is -0.810. The van der Waals surface area contributed by atoms with Gasteiger partial charge in [0.1, 0.15) is 10.8 Å². The van der Waals surface area contributed by atoms with Crippen molar-refractivity contribution in [2.75, 3.05) is 30.5 Å². The summed E-state index contributed by atoms with van der Waals surface area (Å²) < 4.78 is 0. The van der Waals surface area contributed by atoms with Gasteiger partial charge >= 0.3 is 0 Å². The van der Waals surface area contributed by atoms with Crippen LogP contribution >= 0.6 is 24.0 Å². The van der Waals surface area contributed by atoms with Crippen LogP contribution < -0.4 is 10.6 Å². The van der Waals surface area contributed by atoms with Crippen molar-refractivity contribution in [2.24, 2.45) is 5.73 Å². The maximum Gasteiger partial charge on any atom is 0.128 e. The SMILES string of the molecule is CSCCN(C)c1ccc(C(N)=S)cn1. The summed E-state index contributed by atoms with van der Waals surface area (Å²) in [5.41, 5.74) is 6.31. The molecule has 15 heavy (non-hydrogen) atoms. The standard InChI is InChI=1S/C10H15N3S2/c1-13(5-6-15-2)9-4-3-8(7-12-9)10(11)14/h3-4,7H,5-6H2,1-2H3,(H2,11,14). The number of pyridine rings is 1. The largest absolute Gasteiger partial charge is 0.389 e. The first kappa shape index (κ1) is 12.3. The fourth-order valence-electron chi connectivity index (χ4n) is 1.10. The van der Waals surface area contributed by atoms with Crippen molar-refractivity contribution >= 4 is 34.8 Å². The second-order valence-corrected chi connectivity index (χ2v) is 4.61. The van der Waals surface area contributed by atoms with Gasteiger partial charge in [0.2, 0.25) is 0 Å². The minimum Gasteiger partial charge on any atom is -0.389 e. The molecule has 0 saturated carbocycles. The molecule has 0 saturated heterocycles. The molecule has 1 heterocycles. The molecule has 1 aromatic rings. The van der Waals surface area contributed by atoms with Gasteiger partial charge in [-0.2, -0.15) is 11.8 Å². The Morgan fingerprint density at radius 1 is 1.60 bits per heavy atom. The van der Waals surface area contributed by atoms with E-state index in [1.165, 1.54) is 0 Å². The van der Waals surface area contributed by atoms with Crippen molar-refractivity contribution in [3.63, 3.8) is 0 Å². The van der Waals surface area contributed by atoms with E-state index in [2.05, 4.69) is 16.1 Å². The van der Waals surface area contributed by atoms with Gasteiger partial charge in [-0.05, 0) is 18.4 Å². The summed E-state index contributed by atoms with van der Waals surface area (Å²) in [6.45, 7) is 0.987. The number of nitrogens with zero attached hydrogens (tertiary/aromatic N) is 2. The van der Waals surface area contributed by atoms with Gasteiger partial charge in [-0.15, -0.1) is 0 Å². The maximum atomic E-state index is 5.49. The fraction of sp³-hybridized carbons (Fsp3) is 0.400. The van der Waals surface area contributed by atoms with Crippen molar-refractivity contribution < 1.29 is 0 Å². The first-order valence-corrected chi connectivity index (χ1v) is 6.41. The molecule has 1 aromatic heterocycles. The molecule has 1 rings (SSSR count). The molecule has 0 aromatic carbocycles. The Bertz CT molecular complexity index is 324. The van der Waals surface area contributed by atoms with Gasteiger partial charge in [0.25, 0.3) is 0 Å². The average molecular weight is 241 g/mol. The van der Waals surface area contributed by atoms with E-state index in [1.54, 1.807) is 6.20 Å². The van der Waals surface area contributed by atoms with Crippen LogP contribution in [0.4, 0.5) is 5.82 Å². The number of hydrogen-bond acceptors (Lipinski definition) is 4. The lowest BCUT2D eigenvalue weighted by molar-refractivity contribution is 0.946. The summed E-state index contributed by atoms with van der Waals surface area (Å²) in [5, 5.41) is 0. The Kier molecular flexibility index (Phi) is 4.84. The Morgan fingerprint density at radius 3 is 2.80 bits per heavy atom. The molecule has 0 radical (unpaired) electrons. The number of thiocarbonyl (C=S) groups is 1. The fourth-order valence-corrected chi connectivity index (χ4v) is 1.68. The van der Waals surface area contributed by atoms with E-state index in [0.29, 0.717) is 4.99 Å². The zero-order chi connectivity index (χ0) is 11.3. The summed E-state index contributed by atoms with van der Waals surface area (Å²) in [6.07, 6.45) is 3.81. The number of anilines is 1. The molecule has 0 fully saturated rings. The Morgan fingerprint density at radius 2 is 2.33 bits per heavy atom. The number of hydrogen-bond donors (Lipinski definition) is 1. The summed E-state index contributed by atoms with van der Waals surface area (Å²) >= 11 is 6.68. The van der Waals surface area contributed by atoms with Crippen LogP contribution in [0.3, 0.4) is 0 Å². The monoisotopic (exact) mass is 241 g/mol. The first-order valence-electron chi connectivity index (χ1n) is 4.61. The van der Waals surface area contributed by atoms with Crippen LogP contribution in [0.5, 0.6) is 0 Å². The second kappa shape index (κ2) is 5.92. The molecule has 5 heteroatoms. The molecule has 0 atom stereocenters. The van der Waals surface area contributed by atoms with E-state index < -0.39 is 0 Å². The molecule has 0 bridgehead atoms. The van der Waals surface area contributed by atoms with Gasteiger partial charge in [0.15, 0.2) is 0 Å². The third-order valence-electron chi connectivity index (χ3n) is 2.05. The van der Waals surface area contributed by atoms with Crippen LogP contribution in [-0.4, -0.2) is 35.6 Å². The molecular weight excluding hydrogens is 226 g/mol. The highest BCUT2D eigenvalue weighted by atomic mass is 32.2. The van der Waals surface area contributed by atoms with E-state index in [-0.39, 0.29) is 0 Å². The number of rotatable bonds is 5. The second-order valence-electron chi connectivity index (χ2n) is 3.18. The lowest BCUT2D eigenvalue weighted by Gasteiger charge is -2.17. The van der Waals surface area contributed by atoms with Crippen molar-refractivity contribution in [1.82, 2.24) is 4.98 Å². The molecule has 0 aliphatic rings. The molecule has 82 valence electrons. The zero-order valence-corrected chi connectivity index (χ0v) is 10.6. The normalized spacial score (nSPS) is 10.0. The van der Waals surface area contributed by atoms with Gasteiger partial charge in [-0.1, -0.05) is 12.2 Å². The minimum atomic E-state index is 0.390. The summed E-state index contributed by atoms with van der Waals surface area (Å²) in [6, 6.07) is 3.84. The molecule has 2 N–H and O–H groups in total. The predicted octanol–water partition coefficient (Wildman–Crippen LogP) is 1.51. The quantitative estimate of drug-likeness (QED) is 0.792. The smallest absolute Gasteiger partial charge is 0.128 e. The van der Waals surface area contributed by atoms with Gasteiger partial charge in [0, 0.05) is 31.1 Å². The highest BCUT2D eigenvalue weighted by molar-refractivity contribution is 7.98. The number of nitrogens with two attached hydrogens (primary N) is 1. The van der Waals surface area contributed by atoms with Gasteiger partial charge < -0.3 is 10.6 Å². The summed E-state index contributed by atoms with van der Waals surface area (Å²) in [4.78, 5) is 6.80. The highest BCUT2D eigenvalue weighted by Gasteiger charge is 2.02. The van der Waals surface area contributed by atoms with Crippen LogP contribution in [0.1, 0.15) is 5.56 Å². The third-order valence-corrected chi connectivity index (χ3v) is 2.88. The van der Waals surface area contributed by atoms with Crippen LogP contribution in [0.15, 0.2) is 18.3 Å². The van der Waals surface area contributed by atoms with E-state index in [1.807, 2.05) is 30.9 Å². The van der Waals surface area contributed by atoms with Gasteiger partial charge in [-0.3, -0.25) is 0 Å². The lowest BCUT2D eigenvalue weighted by atomic mass is 10.3. The van der Waals surface area contributed by atoms with Crippen LogP contribution in [0.2, 0.25) is 0 Å². The van der Waals surface area contributed by atoms with Crippen molar-refractivity contribution in [3.05, 3.63) is 23.9 Å². The van der Waals surface area contributed by atoms with E-state index in [4.69, 9.17) is 18.0 Å². The minimum absolute atomic E-state index is 0.390. The highest BCUT2D eigenvalue weighted by Crippen LogP contribution is 2.10. The topological polar surface area (TPSA) is 42.1 Å². The van der Waals surface area contributed by atoms with E-state index in [0.717, 1.165) is 23.7 Å². The summed E-state index contributed by atoms with van der Waals surface area (Å²) in [7, 11) is 2.03. The average Bonchev–Trinajstić information content (AvgIpc) is 2.26. The molecule has 0 aliphatic carbocycles. The number of aromatic nitrogens is 1. The molecule has 0 unspecified atom stereocenters. The lowest BCUT2D eigenvalue weighted by Crippen LogP contribution is -2.21. The first-order chi connectivity index (χ1) is 7.15. The summed E-state index contributed by atoms with van der Waals surface area (Å²) in [5.74, 6) is 2.04. The molecule has 0 spiro atoms. The Labute approximate surface area is 100 Å².